The van der Waals surface area contributed by atoms with Crippen LogP contribution in [0.15, 0.2) is 48.5 Å². The fraction of sp³-hybridized carbons (Fsp3) is 0.318. The minimum atomic E-state index is 0.0585. The Morgan fingerprint density at radius 3 is 2.41 bits per heavy atom. The number of benzene rings is 2. The molecule has 2 N–H and O–H groups in total. The number of nitrogens with two attached hydrogens (primary N) is 1. The van der Waals surface area contributed by atoms with Crippen LogP contribution in [-0.4, -0.2) is 27.3 Å². The fourth-order valence-electron chi connectivity index (χ4n) is 3.04. The predicted octanol–water partition coefficient (Wildman–Crippen LogP) is 3.50. The van der Waals surface area contributed by atoms with Crippen molar-refractivity contribution >= 4 is 11.7 Å². The number of nitrogens with zero attached hydrogens (tertiary/aromatic N) is 5. The Morgan fingerprint density at radius 2 is 1.76 bits per heavy atom. The molecule has 7 heteroatoms. The zero-order chi connectivity index (χ0) is 20.6. The molecule has 7 nitrogen and oxygen atoms in total. The third-order valence-electron chi connectivity index (χ3n) is 4.69. The Labute approximate surface area is 170 Å². The molecule has 1 heterocycles. The maximum atomic E-state index is 12.4. The molecule has 1 aromatic heterocycles. The van der Waals surface area contributed by atoms with Crippen molar-refractivity contribution in [1.29, 1.82) is 0 Å². The summed E-state index contributed by atoms with van der Waals surface area (Å²) in [6.45, 7) is 9.95. The molecule has 0 aliphatic rings. The quantitative estimate of drug-likeness (QED) is 0.263. The Morgan fingerprint density at radius 1 is 1.07 bits per heavy atom. The number of rotatable bonds is 9. The van der Waals surface area contributed by atoms with Crippen molar-refractivity contribution in [2.45, 2.75) is 39.0 Å². The van der Waals surface area contributed by atoms with E-state index in [1.165, 1.54) is 0 Å². The molecule has 0 saturated carbocycles. The van der Waals surface area contributed by atoms with Crippen LogP contribution in [0.4, 0.5) is 5.95 Å². The van der Waals surface area contributed by atoms with Crippen molar-refractivity contribution in [3.63, 3.8) is 0 Å². The SMILES string of the molecule is [C-]#[N+]c1nn(-c2ccc(C(=O)CCCCCCN)cc2)[n+](-c2ccc(C)cc2)n1. The number of Topliss-reactive ketones (excluding diaryl/α,β-unsaturated/α-hetero) is 1. The maximum Gasteiger partial charge on any atom is 0.475 e. The van der Waals surface area contributed by atoms with Crippen LogP contribution in [0.2, 0.25) is 0 Å². The number of ketones is 1. The fourth-order valence-corrected chi connectivity index (χ4v) is 3.04. The van der Waals surface area contributed by atoms with Crippen molar-refractivity contribution in [3.05, 3.63) is 71.1 Å². The monoisotopic (exact) mass is 389 g/mol. The lowest BCUT2D eigenvalue weighted by atomic mass is 10.0. The number of hydrogen-bond acceptors (Lipinski definition) is 4. The molecular weight excluding hydrogens is 364 g/mol. The van der Waals surface area contributed by atoms with Gasteiger partial charge in [0.15, 0.2) is 11.5 Å². The minimum absolute atomic E-state index is 0.0585. The first-order chi connectivity index (χ1) is 14.1. The van der Waals surface area contributed by atoms with Gasteiger partial charge in [0.05, 0.1) is 10.2 Å². The van der Waals surface area contributed by atoms with Crippen LogP contribution in [0.25, 0.3) is 16.2 Å². The lowest BCUT2D eigenvalue weighted by Gasteiger charge is -2.03. The number of carbonyl (C=O) groups excluding carboxylic acids is 1. The molecule has 0 aliphatic carbocycles. The van der Waals surface area contributed by atoms with Gasteiger partial charge in [0.1, 0.15) is 5.69 Å². The first kappa shape index (κ1) is 20.4. The van der Waals surface area contributed by atoms with Gasteiger partial charge < -0.3 is 10.6 Å². The summed E-state index contributed by atoms with van der Waals surface area (Å²) in [6.07, 6.45) is 4.52. The van der Waals surface area contributed by atoms with E-state index in [-0.39, 0.29) is 11.7 Å². The lowest BCUT2D eigenvalue weighted by Crippen LogP contribution is -2.43. The first-order valence-electron chi connectivity index (χ1n) is 9.80. The third kappa shape index (κ3) is 5.12. The number of aryl methyl sites for hydroxylation is 1. The van der Waals surface area contributed by atoms with Gasteiger partial charge in [-0.2, -0.15) is 0 Å². The molecule has 0 amide bonds. The topological polar surface area (TPSA) is 82.0 Å². The Kier molecular flexibility index (Phi) is 6.82. The van der Waals surface area contributed by atoms with Gasteiger partial charge in [-0.05, 0) is 62.7 Å². The van der Waals surface area contributed by atoms with Crippen molar-refractivity contribution < 1.29 is 9.59 Å². The molecular formula is C22H25N6O+. The maximum absolute atomic E-state index is 12.4. The molecule has 0 unspecified atom stereocenters. The highest BCUT2D eigenvalue weighted by molar-refractivity contribution is 5.96. The van der Waals surface area contributed by atoms with E-state index in [4.69, 9.17) is 12.3 Å². The highest BCUT2D eigenvalue weighted by atomic mass is 16.1. The molecule has 0 radical (unpaired) electrons. The van der Waals surface area contributed by atoms with E-state index >= 15 is 0 Å². The smallest absolute Gasteiger partial charge is 0.382 e. The van der Waals surface area contributed by atoms with Crippen LogP contribution in [-0.2, 0) is 0 Å². The van der Waals surface area contributed by atoms with E-state index in [1.54, 1.807) is 21.7 Å². The van der Waals surface area contributed by atoms with E-state index in [9.17, 15) is 4.79 Å². The molecule has 0 spiro atoms. The summed E-state index contributed by atoms with van der Waals surface area (Å²) >= 11 is 0. The number of tetrazole rings is 1. The molecule has 0 saturated heterocycles. The van der Waals surface area contributed by atoms with Crippen molar-refractivity contribution in [2.75, 3.05) is 6.54 Å². The molecule has 3 aromatic rings. The first-order valence-corrected chi connectivity index (χ1v) is 9.80. The second-order valence-electron chi connectivity index (χ2n) is 6.95. The third-order valence-corrected chi connectivity index (χ3v) is 4.69. The minimum Gasteiger partial charge on any atom is -0.382 e. The van der Waals surface area contributed by atoms with Crippen molar-refractivity contribution in [1.82, 2.24) is 15.0 Å². The average Bonchev–Trinajstić information content (AvgIpc) is 3.18. The van der Waals surface area contributed by atoms with E-state index in [2.05, 4.69) is 15.0 Å². The molecule has 0 aliphatic heterocycles. The summed E-state index contributed by atoms with van der Waals surface area (Å²) in [6, 6.07) is 15.1. The summed E-state index contributed by atoms with van der Waals surface area (Å²) < 4.78 is 0. The van der Waals surface area contributed by atoms with Gasteiger partial charge in [-0.1, -0.05) is 30.5 Å². The Balaban J connectivity index is 1.78. The molecule has 148 valence electrons. The van der Waals surface area contributed by atoms with Crippen LogP contribution < -0.4 is 10.5 Å². The Bertz CT molecular complexity index is 999. The average molecular weight is 389 g/mol. The molecule has 29 heavy (non-hydrogen) atoms. The molecule has 2 aromatic carbocycles. The molecule has 0 bridgehead atoms. The van der Waals surface area contributed by atoms with Gasteiger partial charge in [0.25, 0.3) is 0 Å². The standard InChI is InChI=1S/C22H25N6O/c1-17-8-12-19(13-9-17)27-25-22(24-2)26-28(27)20-14-10-18(11-15-20)21(29)7-5-3-4-6-16-23/h8-15H,3-7,16,23H2,1H3/q+1. The summed E-state index contributed by atoms with van der Waals surface area (Å²) in [5.74, 6) is 0.194. The highest BCUT2D eigenvalue weighted by Gasteiger charge is 2.22. The number of hydrogen-bond donors (Lipinski definition) is 1. The predicted molar refractivity (Wildman–Crippen MR) is 110 cm³/mol. The van der Waals surface area contributed by atoms with E-state index in [1.807, 2.05) is 43.3 Å². The largest absolute Gasteiger partial charge is 0.475 e. The van der Waals surface area contributed by atoms with Crippen LogP contribution in [0.3, 0.4) is 0 Å². The zero-order valence-electron chi connectivity index (χ0n) is 16.6. The summed E-state index contributed by atoms with van der Waals surface area (Å²) in [4.78, 5) is 18.9. The molecule has 0 atom stereocenters. The second-order valence-corrected chi connectivity index (χ2v) is 6.95. The lowest BCUT2D eigenvalue weighted by molar-refractivity contribution is -0.734. The van der Waals surface area contributed by atoms with Crippen LogP contribution >= 0.6 is 0 Å². The summed E-state index contributed by atoms with van der Waals surface area (Å²) in [5.41, 5.74) is 8.84. The number of aromatic nitrogens is 4. The van der Waals surface area contributed by atoms with Crippen molar-refractivity contribution in [2.24, 2.45) is 5.73 Å². The zero-order valence-corrected chi connectivity index (χ0v) is 16.6. The Hall–Kier alpha value is -3.37. The summed E-state index contributed by atoms with van der Waals surface area (Å²) in [5, 5.41) is 8.54. The summed E-state index contributed by atoms with van der Waals surface area (Å²) in [7, 11) is 0. The van der Waals surface area contributed by atoms with Crippen molar-refractivity contribution in [3.8, 4) is 11.4 Å². The van der Waals surface area contributed by atoms with E-state index in [0.29, 0.717) is 18.5 Å². The van der Waals surface area contributed by atoms with Crippen LogP contribution in [0.1, 0.15) is 48.0 Å². The second kappa shape index (κ2) is 9.71. The van der Waals surface area contributed by atoms with Crippen LogP contribution in [0, 0.1) is 13.5 Å². The van der Waals surface area contributed by atoms with E-state index in [0.717, 1.165) is 42.6 Å². The van der Waals surface area contributed by atoms with Gasteiger partial charge in [0.2, 0.25) is 0 Å². The highest BCUT2D eigenvalue weighted by Crippen LogP contribution is 2.14. The molecule has 3 rings (SSSR count). The number of unbranched alkanes of at least 4 members (excludes halogenated alkanes) is 3. The van der Waals surface area contributed by atoms with Gasteiger partial charge in [-0.25, -0.2) is 0 Å². The van der Waals surface area contributed by atoms with Crippen LogP contribution in [0.5, 0.6) is 0 Å². The number of carbonyl (C=O) groups is 1. The van der Waals surface area contributed by atoms with Gasteiger partial charge in [-0.15, -0.1) is 6.57 Å². The normalized spacial score (nSPS) is 10.7. The van der Waals surface area contributed by atoms with Gasteiger partial charge in [0, 0.05) is 21.6 Å². The van der Waals surface area contributed by atoms with Gasteiger partial charge >= 0.3 is 5.95 Å². The molecule has 0 fully saturated rings. The van der Waals surface area contributed by atoms with E-state index < -0.39 is 0 Å². The van der Waals surface area contributed by atoms with Gasteiger partial charge in [-0.3, -0.25) is 4.79 Å².